The zero-order chi connectivity index (χ0) is 9.90. The molecule has 0 radical (unpaired) electrons. The van der Waals surface area contributed by atoms with Crippen LogP contribution in [0.2, 0.25) is 0 Å². The van der Waals surface area contributed by atoms with Crippen LogP contribution in [0, 0.1) is 0 Å². The number of hydrogen-bond acceptors (Lipinski definition) is 4. The van der Waals surface area contributed by atoms with Crippen LogP contribution in [-0.2, 0) is 0 Å². The van der Waals surface area contributed by atoms with Crippen molar-refractivity contribution < 1.29 is 5.11 Å². The van der Waals surface area contributed by atoms with E-state index in [0.29, 0.717) is 6.04 Å². The van der Waals surface area contributed by atoms with E-state index in [2.05, 4.69) is 22.5 Å². The average molecular weight is 185 g/mol. The molecule has 1 heterocycles. The van der Waals surface area contributed by atoms with Gasteiger partial charge in [0.05, 0.1) is 18.7 Å². The summed E-state index contributed by atoms with van der Waals surface area (Å²) in [6, 6.07) is 0.405. The van der Waals surface area contributed by atoms with Crippen LogP contribution >= 0.6 is 0 Å². The highest BCUT2D eigenvalue weighted by Gasteiger charge is 2.24. The molecule has 0 spiro atoms. The maximum atomic E-state index is 9.17. The van der Waals surface area contributed by atoms with Gasteiger partial charge >= 0.3 is 0 Å². The summed E-state index contributed by atoms with van der Waals surface area (Å²) < 4.78 is 0. The van der Waals surface area contributed by atoms with Gasteiger partial charge in [-0.15, -0.1) is 0 Å². The summed E-state index contributed by atoms with van der Waals surface area (Å²) in [7, 11) is 0. The van der Waals surface area contributed by atoms with Gasteiger partial charge in [-0.05, 0) is 20.3 Å². The van der Waals surface area contributed by atoms with Gasteiger partial charge < -0.3 is 15.7 Å². The molecule has 1 rings (SSSR count). The lowest BCUT2D eigenvalue weighted by Crippen LogP contribution is -2.52. The fraction of sp³-hybridized carbons (Fsp3) is 0.889. The Balaban J connectivity index is 2.48. The highest BCUT2D eigenvalue weighted by atomic mass is 16.3. The van der Waals surface area contributed by atoms with Gasteiger partial charge in [0.2, 0.25) is 0 Å². The molecule has 0 aromatic carbocycles. The predicted octanol–water partition coefficient (Wildman–Crippen LogP) is 0.0847. The van der Waals surface area contributed by atoms with Gasteiger partial charge in [-0.2, -0.15) is 0 Å². The molecule has 0 saturated carbocycles. The van der Waals surface area contributed by atoms with Crippen LogP contribution in [0.15, 0.2) is 4.99 Å². The smallest absolute Gasteiger partial charge is 0.192 e. The fourth-order valence-corrected chi connectivity index (χ4v) is 1.15. The summed E-state index contributed by atoms with van der Waals surface area (Å²) in [4.78, 5) is 4.28. The van der Waals surface area contributed by atoms with E-state index in [1.807, 2.05) is 13.8 Å². The second-order valence-corrected chi connectivity index (χ2v) is 3.93. The summed E-state index contributed by atoms with van der Waals surface area (Å²) in [5.74, 6) is 0.811. The van der Waals surface area contributed by atoms with E-state index in [-0.39, 0.29) is 12.1 Å². The summed E-state index contributed by atoms with van der Waals surface area (Å²) in [6.07, 6.45) is 0.874. The van der Waals surface area contributed by atoms with E-state index in [1.54, 1.807) is 0 Å². The van der Waals surface area contributed by atoms with Crippen LogP contribution in [0.4, 0.5) is 0 Å². The van der Waals surface area contributed by atoms with Crippen molar-refractivity contribution in [3.05, 3.63) is 0 Å². The third-order valence-electron chi connectivity index (χ3n) is 2.46. The number of aliphatic hydroxyl groups excluding tert-OH is 1. The molecule has 0 fully saturated rings. The van der Waals surface area contributed by atoms with Gasteiger partial charge in [0.15, 0.2) is 5.96 Å². The van der Waals surface area contributed by atoms with Crippen molar-refractivity contribution in [3.63, 3.8) is 0 Å². The molecule has 0 aromatic rings. The normalized spacial score (nSPS) is 26.2. The van der Waals surface area contributed by atoms with E-state index < -0.39 is 0 Å². The Labute approximate surface area is 79.4 Å². The van der Waals surface area contributed by atoms with Crippen LogP contribution in [0.3, 0.4) is 0 Å². The van der Waals surface area contributed by atoms with Gasteiger partial charge in [0.1, 0.15) is 0 Å². The summed E-state index contributed by atoms with van der Waals surface area (Å²) >= 11 is 0. The maximum absolute atomic E-state index is 9.17. The van der Waals surface area contributed by atoms with Crippen molar-refractivity contribution in [3.8, 4) is 0 Å². The first-order valence-electron chi connectivity index (χ1n) is 4.79. The molecule has 0 amide bonds. The van der Waals surface area contributed by atoms with E-state index in [1.165, 1.54) is 0 Å². The first-order valence-corrected chi connectivity index (χ1v) is 4.79. The van der Waals surface area contributed by atoms with E-state index in [9.17, 15) is 0 Å². The zero-order valence-electron chi connectivity index (χ0n) is 8.59. The molecular formula is C9H19N3O. The molecule has 0 bridgehead atoms. The second-order valence-electron chi connectivity index (χ2n) is 3.93. The Morgan fingerprint density at radius 1 is 1.77 bits per heavy atom. The molecule has 76 valence electrons. The monoisotopic (exact) mass is 185 g/mol. The zero-order valence-corrected chi connectivity index (χ0v) is 8.59. The molecule has 1 aliphatic heterocycles. The molecule has 13 heavy (non-hydrogen) atoms. The van der Waals surface area contributed by atoms with Crippen molar-refractivity contribution in [1.82, 2.24) is 10.6 Å². The third kappa shape index (κ3) is 2.59. The van der Waals surface area contributed by atoms with Gasteiger partial charge in [0, 0.05) is 6.04 Å². The van der Waals surface area contributed by atoms with Crippen molar-refractivity contribution in [2.75, 3.05) is 13.2 Å². The van der Waals surface area contributed by atoms with Crippen LogP contribution in [0.25, 0.3) is 0 Å². The van der Waals surface area contributed by atoms with Gasteiger partial charge in [-0.25, -0.2) is 0 Å². The van der Waals surface area contributed by atoms with Crippen molar-refractivity contribution >= 4 is 5.96 Å². The molecule has 2 unspecified atom stereocenters. The van der Waals surface area contributed by atoms with Crippen LogP contribution in [-0.4, -0.2) is 35.8 Å². The number of guanidine groups is 1. The predicted molar refractivity (Wildman–Crippen MR) is 53.8 cm³/mol. The quantitative estimate of drug-likeness (QED) is 0.584. The number of nitrogens with one attached hydrogen (secondary N) is 2. The van der Waals surface area contributed by atoms with Gasteiger partial charge in [-0.3, -0.25) is 4.99 Å². The topological polar surface area (TPSA) is 56.6 Å². The van der Waals surface area contributed by atoms with E-state index in [4.69, 9.17) is 5.11 Å². The lowest BCUT2D eigenvalue weighted by atomic mass is 10.0. The Morgan fingerprint density at radius 3 is 2.85 bits per heavy atom. The second kappa shape index (κ2) is 3.96. The molecule has 0 saturated heterocycles. The van der Waals surface area contributed by atoms with Crippen LogP contribution < -0.4 is 10.6 Å². The molecule has 0 aromatic heterocycles. The van der Waals surface area contributed by atoms with Crippen LogP contribution in [0.5, 0.6) is 0 Å². The Bertz CT molecular complexity index is 199. The first kappa shape index (κ1) is 10.3. The lowest BCUT2D eigenvalue weighted by molar-refractivity contribution is 0.188. The summed E-state index contributed by atoms with van der Waals surface area (Å²) in [5, 5.41) is 15.6. The Kier molecular flexibility index (Phi) is 3.14. The Morgan fingerprint density at radius 2 is 2.46 bits per heavy atom. The lowest BCUT2D eigenvalue weighted by Gasteiger charge is -2.28. The number of nitrogens with zero attached hydrogens (tertiary/aromatic N) is 1. The molecule has 4 heteroatoms. The van der Waals surface area contributed by atoms with Crippen molar-refractivity contribution in [2.24, 2.45) is 4.99 Å². The molecular weight excluding hydrogens is 166 g/mol. The minimum Gasteiger partial charge on any atom is -0.394 e. The average Bonchev–Trinajstić information content (AvgIpc) is 2.51. The van der Waals surface area contributed by atoms with Crippen molar-refractivity contribution in [2.45, 2.75) is 38.8 Å². The highest BCUT2D eigenvalue weighted by molar-refractivity contribution is 5.82. The van der Waals surface area contributed by atoms with Crippen molar-refractivity contribution in [1.29, 1.82) is 0 Å². The molecule has 3 N–H and O–H groups in total. The number of aliphatic imine (C=N–C) groups is 1. The summed E-state index contributed by atoms with van der Waals surface area (Å²) in [6.45, 7) is 7.05. The number of aliphatic hydroxyl groups is 1. The third-order valence-corrected chi connectivity index (χ3v) is 2.46. The largest absolute Gasteiger partial charge is 0.394 e. The van der Waals surface area contributed by atoms with Gasteiger partial charge in [0.25, 0.3) is 0 Å². The molecule has 0 aliphatic carbocycles. The first-order chi connectivity index (χ1) is 6.09. The minimum atomic E-state index is -0.254. The van der Waals surface area contributed by atoms with Gasteiger partial charge in [-0.1, -0.05) is 6.92 Å². The fourth-order valence-electron chi connectivity index (χ4n) is 1.15. The molecule has 1 aliphatic rings. The SMILES string of the molecule is CCC(C)(CO)NC1=NCC(C)N1. The summed E-state index contributed by atoms with van der Waals surface area (Å²) in [5.41, 5.74) is -0.254. The Hall–Kier alpha value is -0.770. The number of rotatable bonds is 3. The van der Waals surface area contributed by atoms with E-state index >= 15 is 0 Å². The minimum absolute atomic E-state index is 0.124. The maximum Gasteiger partial charge on any atom is 0.192 e. The standard InChI is InChI=1S/C9H19N3O/c1-4-9(3,6-13)12-8-10-5-7(2)11-8/h7,13H,4-6H2,1-3H3,(H2,10,11,12). The molecule has 2 atom stereocenters. The van der Waals surface area contributed by atoms with Crippen LogP contribution in [0.1, 0.15) is 27.2 Å². The highest BCUT2D eigenvalue weighted by Crippen LogP contribution is 2.08. The van der Waals surface area contributed by atoms with E-state index in [0.717, 1.165) is 18.9 Å². The molecule has 4 nitrogen and oxygen atoms in total. The number of hydrogen-bond donors (Lipinski definition) is 3.